The van der Waals surface area contributed by atoms with Crippen LogP contribution in [0.25, 0.3) is 0 Å². The van der Waals surface area contributed by atoms with Crippen LogP contribution in [0.2, 0.25) is 5.02 Å². The molecule has 2 aromatic carbocycles. The van der Waals surface area contributed by atoms with Gasteiger partial charge in [0.05, 0.1) is 18.5 Å². The van der Waals surface area contributed by atoms with Crippen molar-refractivity contribution in [3.05, 3.63) is 70.7 Å². The first-order valence-corrected chi connectivity index (χ1v) is 9.27. The van der Waals surface area contributed by atoms with E-state index in [1.54, 1.807) is 12.1 Å². The van der Waals surface area contributed by atoms with E-state index < -0.39 is 0 Å². The van der Waals surface area contributed by atoms with Crippen LogP contribution in [0.1, 0.15) is 49.4 Å². The normalized spacial score (nSPS) is 15.8. The number of halogens is 1. The molecule has 0 aromatic heterocycles. The summed E-state index contributed by atoms with van der Waals surface area (Å²) in [5, 5.41) is 6.65. The van der Waals surface area contributed by atoms with Crippen molar-refractivity contribution in [1.82, 2.24) is 10.6 Å². The fraction of sp³-hybridized carbons (Fsp3) is 0.333. The van der Waals surface area contributed by atoms with E-state index in [2.05, 4.69) is 10.6 Å². The third-order valence-electron chi connectivity index (χ3n) is 4.61. The molecule has 26 heavy (non-hydrogen) atoms. The van der Waals surface area contributed by atoms with Crippen LogP contribution in [0.4, 0.5) is 0 Å². The van der Waals surface area contributed by atoms with Gasteiger partial charge in [0.25, 0.3) is 0 Å². The molecular formula is C21H23ClN2O2. The highest BCUT2D eigenvalue weighted by molar-refractivity contribution is 6.30. The number of hydrogen-bond donors (Lipinski definition) is 2. The van der Waals surface area contributed by atoms with Crippen LogP contribution >= 0.6 is 11.6 Å². The fourth-order valence-corrected chi connectivity index (χ4v) is 3.30. The largest absolute Gasteiger partial charge is 0.349 e. The first kappa shape index (κ1) is 18.5. The lowest BCUT2D eigenvalue weighted by Gasteiger charge is -2.22. The van der Waals surface area contributed by atoms with Crippen molar-refractivity contribution < 1.29 is 9.59 Å². The Bertz CT molecular complexity index is 757. The molecule has 1 fully saturated rings. The Hall–Kier alpha value is -2.33. The molecule has 2 atom stereocenters. The Balaban J connectivity index is 1.70. The van der Waals surface area contributed by atoms with E-state index in [1.807, 2.05) is 42.5 Å². The highest BCUT2D eigenvalue weighted by Gasteiger charge is 2.33. The molecule has 1 saturated carbocycles. The molecule has 0 saturated heterocycles. The summed E-state index contributed by atoms with van der Waals surface area (Å²) in [5.74, 6) is 0.259. The molecule has 136 valence electrons. The van der Waals surface area contributed by atoms with Gasteiger partial charge in [0.2, 0.25) is 11.8 Å². The van der Waals surface area contributed by atoms with Gasteiger partial charge in [-0.05, 0) is 42.0 Å². The second-order valence-electron chi connectivity index (χ2n) is 6.80. The van der Waals surface area contributed by atoms with Crippen LogP contribution in [-0.4, -0.2) is 11.8 Å². The zero-order chi connectivity index (χ0) is 18.5. The number of nitrogens with one attached hydrogen (secondary N) is 2. The van der Waals surface area contributed by atoms with Crippen molar-refractivity contribution >= 4 is 23.4 Å². The van der Waals surface area contributed by atoms with Crippen LogP contribution < -0.4 is 10.6 Å². The van der Waals surface area contributed by atoms with Crippen molar-refractivity contribution in [2.24, 2.45) is 5.92 Å². The minimum atomic E-state index is -0.375. The molecule has 4 nitrogen and oxygen atoms in total. The van der Waals surface area contributed by atoms with E-state index >= 15 is 0 Å². The molecule has 0 bridgehead atoms. The van der Waals surface area contributed by atoms with Crippen LogP contribution in [0.15, 0.2) is 54.6 Å². The smallest absolute Gasteiger partial charge is 0.222 e. The SMILES string of the molecule is CC(=O)NC(CC(=O)NC(c1ccccc1)C1CC1)c1ccc(Cl)cc1. The molecule has 2 unspecified atom stereocenters. The average molecular weight is 371 g/mol. The van der Waals surface area contributed by atoms with Crippen molar-refractivity contribution in [3.63, 3.8) is 0 Å². The minimum Gasteiger partial charge on any atom is -0.349 e. The second-order valence-corrected chi connectivity index (χ2v) is 7.24. The Morgan fingerprint density at radius 3 is 2.23 bits per heavy atom. The van der Waals surface area contributed by atoms with E-state index in [4.69, 9.17) is 11.6 Å². The van der Waals surface area contributed by atoms with E-state index in [-0.39, 0.29) is 30.3 Å². The third kappa shape index (κ3) is 5.09. The minimum absolute atomic E-state index is 0.0342. The lowest BCUT2D eigenvalue weighted by Crippen LogP contribution is -2.35. The predicted octanol–water partition coefficient (Wildman–Crippen LogP) is 4.17. The van der Waals surface area contributed by atoms with E-state index in [0.717, 1.165) is 24.0 Å². The Morgan fingerprint density at radius 1 is 1.00 bits per heavy atom. The molecule has 0 radical (unpaired) electrons. The fourth-order valence-electron chi connectivity index (χ4n) is 3.17. The Morgan fingerprint density at radius 2 is 1.65 bits per heavy atom. The molecular weight excluding hydrogens is 348 g/mol. The van der Waals surface area contributed by atoms with Gasteiger partial charge in [-0.1, -0.05) is 54.1 Å². The maximum atomic E-state index is 12.7. The lowest BCUT2D eigenvalue weighted by atomic mass is 10.00. The van der Waals surface area contributed by atoms with Gasteiger partial charge in [-0.2, -0.15) is 0 Å². The molecule has 2 aromatic rings. The van der Waals surface area contributed by atoms with Crippen LogP contribution in [0.5, 0.6) is 0 Å². The monoisotopic (exact) mass is 370 g/mol. The van der Waals surface area contributed by atoms with Crippen molar-refractivity contribution in [3.8, 4) is 0 Å². The Labute approximate surface area is 158 Å². The third-order valence-corrected chi connectivity index (χ3v) is 4.86. The molecule has 0 aliphatic heterocycles. The van der Waals surface area contributed by atoms with Gasteiger partial charge in [0.15, 0.2) is 0 Å². The molecule has 0 spiro atoms. The van der Waals surface area contributed by atoms with Gasteiger partial charge >= 0.3 is 0 Å². The first-order chi connectivity index (χ1) is 12.5. The van der Waals surface area contributed by atoms with Gasteiger partial charge in [0.1, 0.15) is 0 Å². The standard InChI is InChI=1S/C21H23ClN2O2/c1-14(25)23-19(15-9-11-18(22)12-10-15)13-20(26)24-21(17-7-8-17)16-5-3-2-4-6-16/h2-6,9-12,17,19,21H,7-8,13H2,1H3,(H,23,25)(H,24,26). The molecule has 2 N–H and O–H groups in total. The average Bonchev–Trinajstić information content (AvgIpc) is 3.45. The number of hydrogen-bond acceptors (Lipinski definition) is 2. The highest BCUT2D eigenvalue weighted by Crippen LogP contribution is 2.41. The predicted molar refractivity (Wildman–Crippen MR) is 103 cm³/mol. The zero-order valence-corrected chi connectivity index (χ0v) is 15.5. The van der Waals surface area contributed by atoms with Crippen molar-refractivity contribution in [2.75, 3.05) is 0 Å². The summed E-state index contributed by atoms with van der Waals surface area (Å²) < 4.78 is 0. The second kappa shape index (κ2) is 8.37. The number of rotatable bonds is 7. The lowest BCUT2D eigenvalue weighted by molar-refractivity contribution is -0.123. The molecule has 0 heterocycles. The maximum Gasteiger partial charge on any atom is 0.222 e. The molecule has 1 aliphatic rings. The Kier molecular flexibility index (Phi) is 5.94. The van der Waals surface area contributed by atoms with Gasteiger partial charge in [0, 0.05) is 11.9 Å². The van der Waals surface area contributed by atoms with Crippen LogP contribution in [-0.2, 0) is 9.59 Å². The van der Waals surface area contributed by atoms with Crippen LogP contribution in [0, 0.1) is 5.92 Å². The molecule has 3 rings (SSSR count). The molecule has 5 heteroatoms. The number of carbonyl (C=O) groups excluding carboxylic acids is 2. The summed E-state index contributed by atoms with van der Waals surface area (Å²) in [4.78, 5) is 24.3. The van der Waals surface area contributed by atoms with Crippen molar-refractivity contribution in [2.45, 2.75) is 38.3 Å². The van der Waals surface area contributed by atoms with Gasteiger partial charge in [-0.25, -0.2) is 0 Å². The zero-order valence-electron chi connectivity index (χ0n) is 14.7. The number of carbonyl (C=O) groups is 2. The topological polar surface area (TPSA) is 58.2 Å². The summed E-state index contributed by atoms with van der Waals surface area (Å²) in [5.41, 5.74) is 1.99. The summed E-state index contributed by atoms with van der Waals surface area (Å²) in [6.45, 7) is 1.46. The first-order valence-electron chi connectivity index (χ1n) is 8.90. The van der Waals surface area contributed by atoms with E-state index in [0.29, 0.717) is 10.9 Å². The number of amides is 2. The van der Waals surface area contributed by atoms with E-state index in [9.17, 15) is 9.59 Å². The van der Waals surface area contributed by atoms with E-state index in [1.165, 1.54) is 6.92 Å². The summed E-state index contributed by atoms with van der Waals surface area (Å²) in [6.07, 6.45) is 2.45. The van der Waals surface area contributed by atoms with Gasteiger partial charge in [-0.3, -0.25) is 9.59 Å². The highest BCUT2D eigenvalue weighted by atomic mass is 35.5. The van der Waals surface area contributed by atoms with Gasteiger partial charge < -0.3 is 10.6 Å². The van der Waals surface area contributed by atoms with Crippen LogP contribution in [0.3, 0.4) is 0 Å². The summed E-state index contributed by atoms with van der Waals surface area (Å²) in [6, 6.07) is 16.9. The quantitative estimate of drug-likeness (QED) is 0.768. The number of benzene rings is 2. The maximum absolute atomic E-state index is 12.7. The molecule has 1 aliphatic carbocycles. The summed E-state index contributed by atoms with van der Waals surface area (Å²) >= 11 is 5.94. The van der Waals surface area contributed by atoms with Gasteiger partial charge in [-0.15, -0.1) is 0 Å². The molecule has 2 amide bonds. The van der Waals surface area contributed by atoms with Crippen molar-refractivity contribution in [1.29, 1.82) is 0 Å². The summed E-state index contributed by atoms with van der Waals surface area (Å²) in [7, 11) is 0.